The van der Waals surface area contributed by atoms with Crippen LogP contribution in [0.15, 0.2) is 12.2 Å². The summed E-state index contributed by atoms with van der Waals surface area (Å²) in [6.45, 7) is 4.12. The lowest BCUT2D eigenvalue weighted by Gasteiger charge is -2.24. The van der Waals surface area contributed by atoms with Crippen LogP contribution in [0.1, 0.15) is 77.0 Å². The molecule has 0 bridgehead atoms. The summed E-state index contributed by atoms with van der Waals surface area (Å²) in [5.74, 6) is 0. The minimum Gasteiger partial charge on any atom is -0.390 e. The summed E-state index contributed by atoms with van der Waals surface area (Å²) in [5, 5.41) is 20.6. The number of hydrogen-bond acceptors (Lipinski definition) is 2. The highest BCUT2D eigenvalue weighted by Crippen LogP contribution is 2.37. The van der Waals surface area contributed by atoms with Crippen LogP contribution in [0.4, 0.5) is 0 Å². The molecular weight excluding hydrogens is 224 g/mol. The van der Waals surface area contributed by atoms with Crippen LogP contribution in [0.25, 0.3) is 0 Å². The van der Waals surface area contributed by atoms with E-state index in [1.54, 1.807) is 0 Å². The zero-order chi connectivity index (χ0) is 13.1. The van der Waals surface area contributed by atoms with Crippen LogP contribution in [-0.4, -0.2) is 21.4 Å². The molecule has 0 radical (unpaired) electrons. The van der Waals surface area contributed by atoms with Gasteiger partial charge < -0.3 is 10.2 Å². The van der Waals surface area contributed by atoms with Crippen molar-refractivity contribution < 1.29 is 10.2 Å². The summed E-state index contributed by atoms with van der Waals surface area (Å²) in [5.41, 5.74) is 0.385. The van der Waals surface area contributed by atoms with Crippen LogP contribution in [0, 0.1) is 0 Å². The quantitative estimate of drug-likeness (QED) is 0.707. The van der Waals surface area contributed by atoms with Crippen LogP contribution in [-0.2, 0) is 0 Å². The minimum atomic E-state index is -0.410. The molecule has 104 valence electrons. The smallest absolute Gasteiger partial charge is 0.0650 e. The van der Waals surface area contributed by atoms with Crippen molar-refractivity contribution in [1.29, 1.82) is 0 Å². The number of aliphatic hydroxyl groups is 2. The Kier molecular flexibility index (Phi) is 4.50. The van der Waals surface area contributed by atoms with Gasteiger partial charge in [0.25, 0.3) is 0 Å². The van der Waals surface area contributed by atoms with Crippen LogP contribution >= 0.6 is 0 Å². The maximum absolute atomic E-state index is 10.3. The molecule has 2 rings (SSSR count). The molecule has 0 aromatic rings. The first-order chi connectivity index (χ1) is 8.52. The van der Waals surface area contributed by atoms with E-state index < -0.39 is 11.2 Å². The van der Waals surface area contributed by atoms with Gasteiger partial charge in [-0.05, 0) is 51.4 Å². The van der Waals surface area contributed by atoms with E-state index in [0.717, 1.165) is 51.4 Å². The van der Waals surface area contributed by atoms with Crippen molar-refractivity contribution in [3.05, 3.63) is 12.2 Å². The van der Waals surface area contributed by atoms with E-state index in [-0.39, 0.29) is 0 Å². The summed E-state index contributed by atoms with van der Waals surface area (Å²) in [6.07, 6.45) is 12.1. The fourth-order valence-corrected chi connectivity index (χ4v) is 3.51. The zero-order valence-corrected chi connectivity index (χ0v) is 11.6. The van der Waals surface area contributed by atoms with Crippen molar-refractivity contribution in [3.63, 3.8) is 0 Å². The Labute approximate surface area is 111 Å². The highest BCUT2D eigenvalue weighted by Gasteiger charge is 2.32. The van der Waals surface area contributed by atoms with Gasteiger partial charge in [0.1, 0.15) is 0 Å². The van der Waals surface area contributed by atoms with Crippen LogP contribution in [0.2, 0.25) is 0 Å². The third-order valence-electron chi connectivity index (χ3n) is 4.96. The van der Waals surface area contributed by atoms with Gasteiger partial charge in [-0.3, -0.25) is 0 Å². The van der Waals surface area contributed by atoms with Crippen molar-refractivity contribution in [2.45, 2.75) is 88.3 Å². The van der Waals surface area contributed by atoms with Gasteiger partial charge in [-0.25, -0.2) is 0 Å². The number of rotatable bonds is 6. The van der Waals surface area contributed by atoms with Gasteiger partial charge in [0, 0.05) is 0 Å². The number of hydrogen-bond donors (Lipinski definition) is 2. The van der Waals surface area contributed by atoms with Gasteiger partial charge in [0.15, 0.2) is 0 Å². The Morgan fingerprint density at radius 3 is 1.44 bits per heavy atom. The molecule has 0 atom stereocenters. The second-order valence-corrected chi connectivity index (χ2v) is 6.61. The molecule has 2 aliphatic carbocycles. The third kappa shape index (κ3) is 3.83. The first-order valence-corrected chi connectivity index (χ1v) is 7.63. The third-order valence-corrected chi connectivity index (χ3v) is 4.96. The van der Waals surface area contributed by atoms with Crippen LogP contribution in [0.3, 0.4) is 0 Å². The standard InChI is InChI=1S/C16H28O2/c1-14(6-12-15(17)8-2-3-9-15)7-13-16(18)10-4-5-11-16/h17-18H,1-13H2. The van der Waals surface area contributed by atoms with E-state index in [9.17, 15) is 10.2 Å². The lowest BCUT2D eigenvalue weighted by molar-refractivity contribution is 0.0347. The molecule has 2 aliphatic rings. The second kappa shape index (κ2) is 5.75. The molecule has 0 aromatic carbocycles. The number of allylic oxidation sites excluding steroid dienone is 1. The van der Waals surface area contributed by atoms with Crippen molar-refractivity contribution in [3.8, 4) is 0 Å². The van der Waals surface area contributed by atoms with Crippen LogP contribution in [0.5, 0.6) is 0 Å². The van der Waals surface area contributed by atoms with Gasteiger partial charge >= 0.3 is 0 Å². The largest absolute Gasteiger partial charge is 0.390 e. The molecule has 0 saturated heterocycles. The van der Waals surface area contributed by atoms with Gasteiger partial charge in [-0.1, -0.05) is 37.8 Å². The molecule has 2 heteroatoms. The molecule has 2 fully saturated rings. The lowest BCUT2D eigenvalue weighted by Crippen LogP contribution is -2.25. The molecule has 2 N–H and O–H groups in total. The van der Waals surface area contributed by atoms with Crippen molar-refractivity contribution in [2.24, 2.45) is 0 Å². The molecule has 2 saturated carbocycles. The topological polar surface area (TPSA) is 40.5 Å². The molecule has 0 aromatic heterocycles. The van der Waals surface area contributed by atoms with Gasteiger partial charge in [0.2, 0.25) is 0 Å². The highest BCUT2D eigenvalue weighted by atomic mass is 16.3. The normalized spacial score (nSPS) is 25.4. The van der Waals surface area contributed by atoms with Crippen molar-refractivity contribution in [1.82, 2.24) is 0 Å². The maximum atomic E-state index is 10.3. The fourth-order valence-electron chi connectivity index (χ4n) is 3.51. The van der Waals surface area contributed by atoms with E-state index in [0.29, 0.717) is 0 Å². The summed E-state index contributed by atoms with van der Waals surface area (Å²) in [6, 6.07) is 0. The molecule has 0 amide bonds. The molecular formula is C16H28O2. The first kappa shape index (κ1) is 14.1. The first-order valence-electron chi connectivity index (χ1n) is 7.63. The average molecular weight is 252 g/mol. The molecule has 0 heterocycles. The molecule has 0 aliphatic heterocycles. The Hall–Kier alpha value is -0.340. The maximum Gasteiger partial charge on any atom is 0.0650 e. The Balaban J connectivity index is 1.66. The summed E-state index contributed by atoms with van der Waals surface area (Å²) in [7, 11) is 0. The van der Waals surface area contributed by atoms with E-state index in [1.165, 1.54) is 31.3 Å². The fraction of sp³-hybridized carbons (Fsp3) is 0.875. The summed E-state index contributed by atoms with van der Waals surface area (Å²) >= 11 is 0. The SMILES string of the molecule is C=C(CCC1(O)CCCC1)CCC1(O)CCCC1. The molecule has 0 unspecified atom stereocenters. The monoisotopic (exact) mass is 252 g/mol. The van der Waals surface area contributed by atoms with Gasteiger partial charge in [-0.15, -0.1) is 0 Å². The highest BCUT2D eigenvalue weighted by molar-refractivity contribution is 5.00. The molecule has 2 nitrogen and oxygen atoms in total. The van der Waals surface area contributed by atoms with Crippen molar-refractivity contribution in [2.75, 3.05) is 0 Å². The summed E-state index contributed by atoms with van der Waals surface area (Å²) in [4.78, 5) is 0. The van der Waals surface area contributed by atoms with E-state index in [1.807, 2.05) is 0 Å². The zero-order valence-electron chi connectivity index (χ0n) is 11.6. The Morgan fingerprint density at radius 2 is 1.11 bits per heavy atom. The van der Waals surface area contributed by atoms with Crippen molar-refractivity contribution >= 4 is 0 Å². The van der Waals surface area contributed by atoms with Crippen LogP contribution < -0.4 is 0 Å². The van der Waals surface area contributed by atoms with E-state index >= 15 is 0 Å². The predicted molar refractivity (Wildman–Crippen MR) is 74.4 cm³/mol. The predicted octanol–water partition coefficient (Wildman–Crippen LogP) is 3.71. The Bertz CT molecular complexity index is 255. The summed E-state index contributed by atoms with van der Waals surface area (Å²) < 4.78 is 0. The molecule has 18 heavy (non-hydrogen) atoms. The van der Waals surface area contributed by atoms with Gasteiger partial charge in [0.05, 0.1) is 11.2 Å². The second-order valence-electron chi connectivity index (χ2n) is 6.61. The minimum absolute atomic E-state index is 0.410. The van der Waals surface area contributed by atoms with E-state index in [4.69, 9.17) is 0 Å². The lowest BCUT2D eigenvalue weighted by atomic mass is 9.89. The Morgan fingerprint density at radius 1 is 0.778 bits per heavy atom. The van der Waals surface area contributed by atoms with E-state index in [2.05, 4.69) is 6.58 Å². The molecule has 0 spiro atoms. The van der Waals surface area contributed by atoms with Gasteiger partial charge in [-0.2, -0.15) is 0 Å². The average Bonchev–Trinajstić information content (AvgIpc) is 2.95.